The molecule has 1 heterocycles. The number of anilines is 1. The molecule has 0 spiro atoms. The molecule has 0 fully saturated rings. The molecule has 0 amide bonds. The topological polar surface area (TPSA) is 62.3 Å². The zero-order chi connectivity index (χ0) is 11.5. The fourth-order valence-corrected chi connectivity index (χ4v) is 1.34. The highest BCUT2D eigenvalue weighted by Gasteiger charge is 2.05. The van der Waals surface area contributed by atoms with Crippen LogP contribution in [0.2, 0.25) is 0 Å². The largest absolute Gasteiger partial charge is 0.497 e. The second kappa shape index (κ2) is 4.14. The average Bonchev–Trinajstić information content (AvgIpc) is 2.58. The number of aromatic nitrogens is 2. The number of nitrogens with two attached hydrogens (primary N) is 1. The van der Waals surface area contributed by atoms with Crippen molar-refractivity contribution < 1.29 is 9.47 Å². The molecule has 2 rings (SSSR count). The fraction of sp³-hybridized carbons (Fsp3) is 0.182. The minimum atomic E-state index is 0.431. The quantitative estimate of drug-likeness (QED) is 0.855. The van der Waals surface area contributed by atoms with E-state index in [9.17, 15) is 0 Å². The van der Waals surface area contributed by atoms with Gasteiger partial charge in [-0.05, 0) is 12.1 Å². The highest BCUT2D eigenvalue weighted by Crippen LogP contribution is 2.24. The van der Waals surface area contributed by atoms with E-state index in [0.717, 1.165) is 5.75 Å². The average molecular weight is 219 g/mol. The molecular weight excluding hydrogens is 206 g/mol. The Hall–Kier alpha value is -2.17. The van der Waals surface area contributed by atoms with Gasteiger partial charge in [0.1, 0.15) is 17.3 Å². The molecule has 2 N–H and O–H groups in total. The Morgan fingerprint density at radius 3 is 2.69 bits per heavy atom. The number of methoxy groups -OCH3 is 1. The second-order valence-corrected chi connectivity index (χ2v) is 3.34. The molecule has 0 aliphatic carbocycles. The van der Waals surface area contributed by atoms with E-state index in [0.29, 0.717) is 17.6 Å². The first-order valence-electron chi connectivity index (χ1n) is 4.80. The number of hydrogen-bond acceptors (Lipinski definition) is 4. The number of hydrogen-bond donors (Lipinski definition) is 1. The van der Waals surface area contributed by atoms with Crippen molar-refractivity contribution in [1.82, 2.24) is 9.55 Å². The SMILES string of the molecule is COc1cccc(Oc2nc(N)cn2C)c1. The van der Waals surface area contributed by atoms with Gasteiger partial charge in [0.25, 0.3) is 0 Å². The lowest BCUT2D eigenvalue weighted by molar-refractivity contribution is 0.400. The number of aryl methyl sites for hydroxylation is 1. The van der Waals surface area contributed by atoms with Gasteiger partial charge in [0.2, 0.25) is 0 Å². The molecule has 2 aromatic rings. The Bertz CT molecular complexity index is 494. The van der Waals surface area contributed by atoms with E-state index in [-0.39, 0.29) is 0 Å². The number of benzene rings is 1. The minimum absolute atomic E-state index is 0.431. The number of ether oxygens (including phenoxy) is 2. The van der Waals surface area contributed by atoms with Gasteiger partial charge < -0.3 is 19.8 Å². The van der Waals surface area contributed by atoms with E-state index in [4.69, 9.17) is 15.2 Å². The van der Waals surface area contributed by atoms with Crippen LogP contribution < -0.4 is 15.2 Å². The van der Waals surface area contributed by atoms with Crippen molar-refractivity contribution in [3.63, 3.8) is 0 Å². The summed E-state index contributed by atoms with van der Waals surface area (Å²) in [5.41, 5.74) is 5.55. The van der Waals surface area contributed by atoms with Gasteiger partial charge in [-0.25, -0.2) is 0 Å². The summed E-state index contributed by atoms with van der Waals surface area (Å²) in [5.74, 6) is 1.83. The minimum Gasteiger partial charge on any atom is -0.497 e. The third-order valence-corrected chi connectivity index (χ3v) is 2.10. The number of nitrogens with zero attached hydrogens (tertiary/aromatic N) is 2. The maximum Gasteiger partial charge on any atom is 0.303 e. The van der Waals surface area contributed by atoms with Gasteiger partial charge >= 0.3 is 6.01 Å². The highest BCUT2D eigenvalue weighted by atomic mass is 16.5. The molecule has 0 saturated heterocycles. The van der Waals surface area contributed by atoms with E-state index < -0.39 is 0 Å². The van der Waals surface area contributed by atoms with Crippen LogP contribution in [-0.4, -0.2) is 16.7 Å². The van der Waals surface area contributed by atoms with Crippen LogP contribution in [0.1, 0.15) is 0 Å². The first-order valence-corrected chi connectivity index (χ1v) is 4.80. The number of rotatable bonds is 3. The summed E-state index contributed by atoms with van der Waals surface area (Å²) < 4.78 is 12.4. The van der Waals surface area contributed by atoms with E-state index in [1.807, 2.05) is 25.2 Å². The molecule has 0 radical (unpaired) electrons. The van der Waals surface area contributed by atoms with Gasteiger partial charge in [0.05, 0.1) is 13.3 Å². The molecule has 5 nitrogen and oxygen atoms in total. The Labute approximate surface area is 93.4 Å². The molecule has 1 aromatic carbocycles. The van der Waals surface area contributed by atoms with Crippen molar-refractivity contribution in [2.45, 2.75) is 0 Å². The Morgan fingerprint density at radius 1 is 1.31 bits per heavy atom. The van der Waals surface area contributed by atoms with E-state index >= 15 is 0 Å². The van der Waals surface area contributed by atoms with Crippen LogP contribution in [0.5, 0.6) is 17.5 Å². The predicted octanol–water partition coefficient (Wildman–Crippen LogP) is 1.80. The van der Waals surface area contributed by atoms with Crippen LogP contribution in [-0.2, 0) is 7.05 Å². The monoisotopic (exact) mass is 219 g/mol. The summed E-state index contributed by atoms with van der Waals surface area (Å²) in [5, 5.41) is 0. The Kier molecular flexibility index (Phi) is 2.68. The molecule has 5 heteroatoms. The zero-order valence-electron chi connectivity index (χ0n) is 9.18. The lowest BCUT2D eigenvalue weighted by Crippen LogP contribution is -1.93. The molecule has 0 bridgehead atoms. The summed E-state index contributed by atoms with van der Waals surface area (Å²) in [4.78, 5) is 4.04. The lowest BCUT2D eigenvalue weighted by Gasteiger charge is -2.05. The third-order valence-electron chi connectivity index (χ3n) is 2.10. The lowest BCUT2D eigenvalue weighted by atomic mass is 10.3. The second-order valence-electron chi connectivity index (χ2n) is 3.34. The third kappa shape index (κ3) is 2.08. The van der Waals surface area contributed by atoms with Gasteiger partial charge in [-0.3, -0.25) is 0 Å². The van der Waals surface area contributed by atoms with Crippen LogP contribution in [0, 0.1) is 0 Å². The van der Waals surface area contributed by atoms with Gasteiger partial charge in [-0.1, -0.05) is 6.07 Å². The predicted molar refractivity (Wildman–Crippen MR) is 60.7 cm³/mol. The molecule has 0 saturated carbocycles. The van der Waals surface area contributed by atoms with Crippen molar-refractivity contribution in [2.75, 3.05) is 12.8 Å². The maximum atomic E-state index is 5.56. The summed E-state index contributed by atoms with van der Waals surface area (Å²) >= 11 is 0. The summed E-state index contributed by atoms with van der Waals surface area (Å²) in [7, 11) is 3.43. The van der Waals surface area contributed by atoms with Crippen molar-refractivity contribution in [2.24, 2.45) is 7.05 Å². The molecular formula is C11H13N3O2. The van der Waals surface area contributed by atoms with Crippen LogP contribution in [0.3, 0.4) is 0 Å². The molecule has 0 unspecified atom stereocenters. The Balaban J connectivity index is 2.23. The number of nitrogen functional groups attached to an aromatic ring is 1. The van der Waals surface area contributed by atoms with Crippen LogP contribution >= 0.6 is 0 Å². The smallest absolute Gasteiger partial charge is 0.303 e. The van der Waals surface area contributed by atoms with Gasteiger partial charge in [0, 0.05) is 13.1 Å². The maximum absolute atomic E-state index is 5.56. The molecule has 1 aromatic heterocycles. The van der Waals surface area contributed by atoms with E-state index in [1.165, 1.54) is 0 Å². The Morgan fingerprint density at radius 2 is 2.06 bits per heavy atom. The summed E-state index contributed by atoms with van der Waals surface area (Å²) in [6, 6.07) is 7.75. The first-order chi connectivity index (χ1) is 7.69. The van der Waals surface area contributed by atoms with E-state index in [1.54, 1.807) is 23.9 Å². The van der Waals surface area contributed by atoms with Crippen molar-refractivity contribution in [1.29, 1.82) is 0 Å². The van der Waals surface area contributed by atoms with Gasteiger partial charge in [-0.15, -0.1) is 0 Å². The standard InChI is InChI=1S/C11H13N3O2/c1-14-7-10(12)13-11(14)16-9-5-3-4-8(6-9)15-2/h3-7H,12H2,1-2H3. The van der Waals surface area contributed by atoms with Crippen LogP contribution in [0.25, 0.3) is 0 Å². The molecule has 0 aliphatic heterocycles. The fourth-order valence-electron chi connectivity index (χ4n) is 1.34. The molecule has 0 atom stereocenters. The summed E-state index contributed by atoms with van der Waals surface area (Å²) in [6.07, 6.45) is 1.69. The normalized spacial score (nSPS) is 10.1. The van der Waals surface area contributed by atoms with Gasteiger partial charge in [-0.2, -0.15) is 4.98 Å². The molecule has 16 heavy (non-hydrogen) atoms. The van der Waals surface area contributed by atoms with Crippen molar-refractivity contribution in [3.8, 4) is 17.5 Å². The number of imidazole rings is 1. The highest BCUT2D eigenvalue weighted by molar-refractivity contribution is 5.36. The first kappa shape index (κ1) is 10.4. The van der Waals surface area contributed by atoms with Crippen molar-refractivity contribution >= 4 is 5.82 Å². The van der Waals surface area contributed by atoms with Crippen LogP contribution in [0.4, 0.5) is 5.82 Å². The van der Waals surface area contributed by atoms with Gasteiger partial charge in [0.15, 0.2) is 0 Å². The zero-order valence-corrected chi connectivity index (χ0v) is 9.18. The molecule has 0 aliphatic rings. The van der Waals surface area contributed by atoms with Crippen LogP contribution in [0.15, 0.2) is 30.5 Å². The molecule has 84 valence electrons. The summed E-state index contributed by atoms with van der Waals surface area (Å²) in [6.45, 7) is 0. The van der Waals surface area contributed by atoms with E-state index in [2.05, 4.69) is 4.98 Å². The van der Waals surface area contributed by atoms with Crippen molar-refractivity contribution in [3.05, 3.63) is 30.5 Å².